The number of alkyl halides is 2. The van der Waals surface area contributed by atoms with Gasteiger partial charge in [0, 0.05) is 12.6 Å². The van der Waals surface area contributed by atoms with Gasteiger partial charge in [-0.05, 0) is 6.07 Å². The molecule has 21 heavy (non-hydrogen) atoms. The van der Waals surface area contributed by atoms with E-state index in [1.54, 1.807) is 0 Å². The molecule has 0 spiro atoms. The Morgan fingerprint density at radius 3 is 2.81 bits per heavy atom. The zero-order valence-corrected chi connectivity index (χ0v) is 10.4. The Labute approximate surface area is 115 Å². The summed E-state index contributed by atoms with van der Waals surface area (Å²) >= 11 is 0. The van der Waals surface area contributed by atoms with Crippen LogP contribution in [-0.4, -0.2) is 39.1 Å². The van der Waals surface area contributed by atoms with Gasteiger partial charge in [0.05, 0.1) is 22.2 Å². The Morgan fingerprint density at radius 2 is 2.19 bits per heavy atom. The molecule has 1 unspecified atom stereocenters. The van der Waals surface area contributed by atoms with Crippen molar-refractivity contribution in [3.05, 3.63) is 38.9 Å². The number of aromatic amines is 1. The molecule has 0 fully saturated rings. The highest BCUT2D eigenvalue weighted by molar-refractivity contribution is 5.86. The minimum atomic E-state index is -2.97. The summed E-state index contributed by atoms with van der Waals surface area (Å²) in [5.74, 6) is 0. The number of rotatable bonds is 5. The predicted molar refractivity (Wildman–Crippen MR) is 69.5 cm³/mol. The Balaban J connectivity index is 2.44. The standard InChI is InChI=1S/C11H10F2N4O4/c12-10(13)9(18)3-14-7-2-6-5(1-8(7)17(20)21)11(19)16-4-15-6/h1-2,4,9-10,14,18H,3H2,(H,15,16,19). The maximum Gasteiger partial charge on any atom is 0.293 e. The molecule has 0 saturated carbocycles. The van der Waals surface area contributed by atoms with Gasteiger partial charge < -0.3 is 15.4 Å². The maximum atomic E-state index is 12.2. The van der Waals surface area contributed by atoms with Crippen molar-refractivity contribution in [2.45, 2.75) is 12.5 Å². The largest absolute Gasteiger partial charge is 0.385 e. The highest BCUT2D eigenvalue weighted by atomic mass is 19.3. The van der Waals surface area contributed by atoms with Gasteiger partial charge in [-0.15, -0.1) is 0 Å². The van der Waals surface area contributed by atoms with Crippen LogP contribution in [0, 0.1) is 10.1 Å². The van der Waals surface area contributed by atoms with E-state index in [1.807, 2.05) is 0 Å². The first-order chi connectivity index (χ1) is 9.90. The molecule has 1 aromatic carbocycles. The first-order valence-electron chi connectivity index (χ1n) is 5.76. The van der Waals surface area contributed by atoms with Gasteiger partial charge in [0.15, 0.2) is 0 Å². The van der Waals surface area contributed by atoms with Crippen molar-refractivity contribution in [2.24, 2.45) is 0 Å². The molecule has 1 heterocycles. The minimum Gasteiger partial charge on any atom is -0.385 e. The zero-order chi connectivity index (χ0) is 15.6. The van der Waals surface area contributed by atoms with Crippen LogP contribution >= 0.6 is 0 Å². The van der Waals surface area contributed by atoms with Crippen LogP contribution in [0.4, 0.5) is 20.2 Å². The molecular weight excluding hydrogens is 290 g/mol. The predicted octanol–water partition coefficient (Wildman–Crippen LogP) is 0.869. The molecule has 1 atom stereocenters. The third-order valence-corrected chi connectivity index (χ3v) is 2.75. The number of halogens is 2. The van der Waals surface area contributed by atoms with Gasteiger partial charge in [-0.2, -0.15) is 0 Å². The number of hydrogen-bond acceptors (Lipinski definition) is 6. The van der Waals surface area contributed by atoms with Gasteiger partial charge in [0.1, 0.15) is 11.8 Å². The molecule has 8 nitrogen and oxygen atoms in total. The number of nitrogens with one attached hydrogen (secondary N) is 2. The van der Waals surface area contributed by atoms with Crippen LogP contribution in [-0.2, 0) is 0 Å². The second kappa shape index (κ2) is 5.79. The molecular formula is C11H10F2N4O4. The van der Waals surface area contributed by atoms with E-state index in [2.05, 4.69) is 15.3 Å². The average molecular weight is 300 g/mol. The highest BCUT2D eigenvalue weighted by Gasteiger charge is 2.20. The first kappa shape index (κ1) is 14.8. The summed E-state index contributed by atoms with van der Waals surface area (Å²) in [7, 11) is 0. The molecule has 0 aliphatic carbocycles. The summed E-state index contributed by atoms with van der Waals surface area (Å²) in [5.41, 5.74) is -0.964. The van der Waals surface area contributed by atoms with E-state index >= 15 is 0 Å². The van der Waals surface area contributed by atoms with Gasteiger partial charge in [-0.3, -0.25) is 14.9 Å². The fourth-order valence-electron chi connectivity index (χ4n) is 1.70. The number of fused-ring (bicyclic) bond motifs is 1. The summed E-state index contributed by atoms with van der Waals surface area (Å²) in [6.45, 7) is -0.576. The lowest BCUT2D eigenvalue weighted by Crippen LogP contribution is -2.27. The van der Waals surface area contributed by atoms with E-state index in [0.29, 0.717) is 0 Å². The topological polar surface area (TPSA) is 121 Å². The number of aliphatic hydroxyl groups excluding tert-OH is 1. The van der Waals surface area contributed by atoms with Crippen molar-refractivity contribution in [1.29, 1.82) is 0 Å². The van der Waals surface area contributed by atoms with Crippen LogP contribution < -0.4 is 10.9 Å². The minimum absolute atomic E-state index is 0.00385. The molecule has 2 aromatic rings. The molecule has 0 aliphatic heterocycles. The van der Waals surface area contributed by atoms with Crippen molar-refractivity contribution in [1.82, 2.24) is 9.97 Å². The first-order valence-corrected chi connectivity index (χ1v) is 5.76. The van der Waals surface area contributed by atoms with E-state index in [9.17, 15) is 23.7 Å². The van der Waals surface area contributed by atoms with Crippen molar-refractivity contribution < 1.29 is 18.8 Å². The molecule has 0 saturated heterocycles. The number of aliphatic hydroxyl groups is 1. The van der Waals surface area contributed by atoms with Crippen molar-refractivity contribution in [3.63, 3.8) is 0 Å². The van der Waals surface area contributed by atoms with Gasteiger partial charge >= 0.3 is 0 Å². The van der Waals surface area contributed by atoms with Crippen LogP contribution in [0.2, 0.25) is 0 Å². The van der Waals surface area contributed by atoms with Gasteiger partial charge in [0.2, 0.25) is 0 Å². The number of benzene rings is 1. The number of nitro groups is 1. The van der Waals surface area contributed by atoms with Crippen LogP contribution in [0.5, 0.6) is 0 Å². The second-order valence-corrected chi connectivity index (χ2v) is 4.16. The maximum absolute atomic E-state index is 12.2. The molecule has 0 radical (unpaired) electrons. The summed E-state index contributed by atoms with van der Waals surface area (Å²) in [5, 5.41) is 22.4. The van der Waals surface area contributed by atoms with Crippen LogP contribution in [0.15, 0.2) is 23.3 Å². The SMILES string of the molecule is O=c1[nH]cnc2cc(NCC(O)C(F)F)c([N+](=O)[O-])cc12. The van der Waals surface area contributed by atoms with E-state index in [-0.39, 0.29) is 16.6 Å². The monoisotopic (exact) mass is 300 g/mol. The molecule has 1 aromatic heterocycles. The lowest BCUT2D eigenvalue weighted by Gasteiger charge is -2.12. The average Bonchev–Trinajstić information content (AvgIpc) is 2.43. The van der Waals surface area contributed by atoms with Crippen LogP contribution in [0.1, 0.15) is 0 Å². The van der Waals surface area contributed by atoms with Gasteiger partial charge in [-0.25, -0.2) is 13.8 Å². The summed E-state index contributed by atoms with van der Waals surface area (Å²) < 4.78 is 24.4. The Hall–Kier alpha value is -2.62. The number of nitrogens with zero attached hydrogens (tertiary/aromatic N) is 2. The zero-order valence-electron chi connectivity index (χ0n) is 10.4. The van der Waals surface area contributed by atoms with Gasteiger partial charge in [-0.1, -0.05) is 0 Å². The Bertz CT molecular complexity index is 734. The van der Waals surface area contributed by atoms with Gasteiger partial charge in [0.25, 0.3) is 17.7 Å². The van der Waals surface area contributed by atoms with E-state index in [4.69, 9.17) is 5.11 Å². The van der Waals surface area contributed by atoms with E-state index < -0.39 is 35.2 Å². The van der Waals surface area contributed by atoms with Crippen molar-refractivity contribution in [3.8, 4) is 0 Å². The smallest absolute Gasteiger partial charge is 0.293 e. The molecule has 0 bridgehead atoms. The molecule has 0 aliphatic rings. The summed E-state index contributed by atoms with van der Waals surface area (Å²) in [6.07, 6.45) is -3.82. The fourth-order valence-corrected chi connectivity index (χ4v) is 1.70. The molecule has 3 N–H and O–H groups in total. The number of nitro benzene ring substituents is 1. The molecule has 0 amide bonds. The molecule has 10 heteroatoms. The number of anilines is 1. The Kier molecular flexibility index (Phi) is 4.08. The normalized spacial score (nSPS) is 12.6. The number of H-pyrrole nitrogens is 1. The quantitative estimate of drug-likeness (QED) is 0.556. The highest BCUT2D eigenvalue weighted by Crippen LogP contribution is 2.27. The lowest BCUT2D eigenvalue weighted by molar-refractivity contribution is -0.383. The van der Waals surface area contributed by atoms with Crippen LogP contribution in [0.3, 0.4) is 0 Å². The third kappa shape index (κ3) is 3.11. The molecule has 2 rings (SSSR count). The molecule has 112 valence electrons. The fraction of sp³-hybridized carbons (Fsp3) is 0.273. The lowest BCUT2D eigenvalue weighted by atomic mass is 10.2. The van der Waals surface area contributed by atoms with Crippen molar-refractivity contribution in [2.75, 3.05) is 11.9 Å². The van der Waals surface area contributed by atoms with E-state index in [1.165, 1.54) is 6.07 Å². The summed E-state index contributed by atoms with van der Waals surface area (Å²) in [6, 6.07) is 2.19. The van der Waals surface area contributed by atoms with Crippen molar-refractivity contribution >= 4 is 22.3 Å². The summed E-state index contributed by atoms with van der Waals surface area (Å²) in [4.78, 5) is 27.9. The second-order valence-electron chi connectivity index (χ2n) is 4.16. The van der Waals surface area contributed by atoms with E-state index in [0.717, 1.165) is 12.4 Å². The number of aromatic nitrogens is 2. The van der Waals surface area contributed by atoms with Crippen LogP contribution in [0.25, 0.3) is 10.9 Å². The Morgan fingerprint density at radius 1 is 1.48 bits per heavy atom. The number of hydrogen-bond donors (Lipinski definition) is 3. The third-order valence-electron chi connectivity index (χ3n) is 2.75.